The topological polar surface area (TPSA) is 132 Å². The van der Waals surface area contributed by atoms with Crippen molar-refractivity contribution in [2.24, 2.45) is 4.99 Å². The van der Waals surface area contributed by atoms with Gasteiger partial charge in [0, 0.05) is 17.2 Å². The van der Waals surface area contributed by atoms with Crippen molar-refractivity contribution >= 4 is 29.4 Å². The second-order valence-electron chi connectivity index (χ2n) is 8.95. The van der Waals surface area contributed by atoms with Crippen LogP contribution in [-0.2, 0) is 9.53 Å². The lowest BCUT2D eigenvalue weighted by Crippen LogP contribution is -2.39. The second-order valence-corrected chi connectivity index (χ2v) is 9.96. The van der Waals surface area contributed by atoms with E-state index in [9.17, 15) is 19.5 Å². The van der Waals surface area contributed by atoms with E-state index in [1.807, 2.05) is 0 Å². The van der Waals surface area contributed by atoms with E-state index in [2.05, 4.69) is 4.99 Å². The van der Waals surface area contributed by atoms with Gasteiger partial charge in [0.25, 0.3) is 5.56 Å². The molecule has 4 aromatic rings. The van der Waals surface area contributed by atoms with Gasteiger partial charge >= 0.3 is 5.97 Å². The molecule has 210 valence electrons. The molecule has 0 amide bonds. The van der Waals surface area contributed by atoms with Gasteiger partial charge in [-0.25, -0.2) is 9.79 Å². The fraction of sp³-hybridized carbons (Fsp3) is 0.200. The van der Waals surface area contributed by atoms with Gasteiger partial charge in [0.05, 0.1) is 48.6 Å². The molecule has 1 aliphatic rings. The monoisotopic (exact) mass is 573 g/mol. The maximum atomic E-state index is 13.9. The van der Waals surface area contributed by atoms with Crippen molar-refractivity contribution in [2.75, 3.05) is 20.8 Å². The van der Waals surface area contributed by atoms with Crippen LogP contribution in [0.15, 0.2) is 80.1 Å². The van der Waals surface area contributed by atoms with Crippen molar-refractivity contribution in [3.63, 3.8) is 0 Å². The number of rotatable bonds is 8. The summed E-state index contributed by atoms with van der Waals surface area (Å²) in [5.41, 5.74) is 1.22. The highest BCUT2D eigenvalue weighted by atomic mass is 32.1. The number of carbonyl (C=O) groups excluding carboxylic acids is 2. The fourth-order valence-corrected chi connectivity index (χ4v) is 5.74. The molecule has 0 fully saturated rings. The number of carboxylic acid groups (broad SMARTS) is 1. The number of ether oxygens (including phenoxy) is 3. The number of benzene rings is 2. The molecule has 0 aliphatic carbocycles. The summed E-state index contributed by atoms with van der Waals surface area (Å²) in [6.45, 7) is 3.56. The number of methoxy groups -OCH3 is 2. The Morgan fingerprint density at radius 2 is 1.85 bits per heavy atom. The number of nitrogens with zero attached hydrogens (tertiary/aromatic N) is 2. The number of allylic oxidation sites excluding steroid dienone is 1. The van der Waals surface area contributed by atoms with Gasteiger partial charge in [0.15, 0.2) is 16.3 Å². The van der Waals surface area contributed by atoms with E-state index in [1.54, 1.807) is 68.5 Å². The molecule has 1 atom stereocenters. The van der Waals surface area contributed by atoms with Crippen molar-refractivity contribution in [3.8, 4) is 22.8 Å². The van der Waals surface area contributed by atoms with Crippen LogP contribution in [0.5, 0.6) is 11.5 Å². The van der Waals surface area contributed by atoms with Crippen LogP contribution < -0.4 is 29.5 Å². The van der Waals surface area contributed by atoms with Gasteiger partial charge in [0.2, 0.25) is 0 Å². The standard InChI is InChI=1S/C30H26N2O8S/c1-5-39-29(36)25-16(2)31-30-32(26(25)17-10-12-22(37-3)23(14-17)38-4)27(33)24(41-30)15-18-11-13-21(40-18)19-8-6-7-9-20(19)28(34)35/h6-15,26H,5H2,1-4H3,(H,34,35)/p-1/b24-15+/t26-/m1/s1. The van der Waals surface area contributed by atoms with Crippen LogP contribution in [0.2, 0.25) is 0 Å². The number of furan rings is 1. The second kappa shape index (κ2) is 11.3. The Bertz CT molecular complexity index is 1880. The highest BCUT2D eigenvalue weighted by Crippen LogP contribution is 2.36. The van der Waals surface area contributed by atoms with E-state index in [1.165, 1.54) is 24.9 Å². The molecule has 41 heavy (non-hydrogen) atoms. The maximum absolute atomic E-state index is 13.9. The van der Waals surface area contributed by atoms with E-state index >= 15 is 0 Å². The number of thiazole rings is 1. The van der Waals surface area contributed by atoms with Gasteiger partial charge < -0.3 is 28.5 Å². The largest absolute Gasteiger partial charge is 0.545 e. The van der Waals surface area contributed by atoms with Crippen molar-refractivity contribution in [2.45, 2.75) is 19.9 Å². The number of esters is 1. The van der Waals surface area contributed by atoms with Gasteiger partial charge in [-0.15, -0.1) is 0 Å². The number of hydrogen-bond donors (Lipinski definition) is 0. The first-order chi connectivity index (χ1) is 19.8. The first-order valence-corrected chi connectivity index (χ1v) is 13.4. The van der Waals surface area contributed by atoms with Crippen LogP contribution >= 0.6 is 11.3 Å². The molecule has 0 spiro atoms. The number of aromatic nitrogens is 1. The molecule has 3 heterocycles. The molecule has 0 radical (unpaired) electrons. The van der Waals surface area contributed by atoms with Gasteiger partial charge in [-0.3, -0.25) is 9.36 Å². The summed E-state index contributed by atoms with van der Waals surface area (Å²) in [5, 5.41) is 11.6. The first-order valence-electron chi connectivity index (χ1n) is 12.6. The summed E-state index contributed by atoms with van der Waals surface area (Å²) in [7, 11) is 3.02. The van der Waals surface area contributed by atoms with Crippen molar-refractivity contribution in [1.29, 1.82) is 0 Å². The molecule has 0 saturated heterocycles. The Morgan fingerprint density at radius 3 is 2.56 bits per heavy atom. The first kappa shape index (κ1) is 27.7. The highest BCUT2D eigenvalue weighted by molar-refractivity contribution is 7.07. The summed E-state index contributed by atoms with van der Waals surface area (Å²) < 4.78 is 23.8. The van der Waals surface area contributed by atoms with Crippen molar-refractivity contribution < 1.29 is 33.3 Å². The molecule has 0 saturated carbocycles. The highest BCUT2D eigenvalue weighted by Gasteiger charge is 2.34. The summed E-state index contributed by atoms with van der Waals surface area (Å²) in [6, 6.07) is 13.9. The minimum atomic E-state index is -1.32. The summed E-state index contributed by atoms with van der Waals surface area (Å²) in [4.78, 5) is 43.5. The molecule has 10 nitrogen and oxygen atoms in total. The van der Waals surface area contributed by atoms with E-state index in [0.717, 1.165) is 11.3 Å². The predicted octanol–water partition coefficient (Wildman–Crippen LogP) is 2.44. The third-order valence-corrected chi connectivity index (χ3v) is 7.54. The van der Waals surface area contributed by atoms with E-state index in [-0.39, 0.29) is 17.7 Å². The molecule has 1 aliphatic heterocycles. The summed E-state index contributed by atoms with van der Waals surface area (Å²) in [6.07, 6.45) is 1.56. The molecule has 2 aromatic carbocycles. The van der Waals surface area contributed by atoms with Crippen molar-refractivity contribution in [1.82, 2.24) is 4.57 Å². The lowest BCUT2D eigenvalue weighted by atomic mass is 9.95. The zero-order valence-electron chi connectivity index (χ0n) is 22.6. The Morgan fingerprint density at radius 1 is 1.10 bits per heavy atom. The average Bonchev–Trinajstić information content (AvgIpc) is 3.56. The van der Waals surface area contributed by atoms with Gasteiger partial charge in [-0.1, -0.05) is 41.7 Å². The van der Waals surface area contributed by atoms with Crippen molar-refractivity contribution in [3.05, 3.63) is 102 Å². The van der Waals surface area contributed by atoms with E-state index < -0.39 is 23.5 Å². The molecule has 0 unspecified atom stereocenters. The Labute approximate surface area is 238 Å². The zero-order valence-corrected chi connectivity index (χ0v) is 23.4. The third kappa shape index (κ3) is 5.07. The van der Waals surface area contributed by atoms with Crippen LogP contribution in [0.3, 0.4) is 0 Å². The SMILES string of the molecule is CCOC(=O)C1=C(C)N=c2s/c(=C/c3ccc(-c4ccccc4C(=O)[O-])o3)c(=O)n2[C@@H]1c1ccc(OC)c(OC)c1. The molecule has 11 heteroatoms. The normalized spacial score (nSPS) is 14.8. The zero-order chi connectivity index (χ0) is 29.3. The molecule has 0 bridgehead atoms. The molecule has 5 rings (SSSR count). The number of carbonyl (C=O) groups is 2. The molecule has 2 aromatic heterocycles. The summed E-state index contributed by atoms with van der Waals surface area (Å²) >= 11 is 1.14. The van der Waals surface area contributed by atoms with Crippen LogP contribution in [0.4, 0.5) is 0 Å². The smallest absolute Gasteiger partial charge is 0.338 e. The van der Waals surface area contributed by atoms with Crippen LogP contribution in [0.25, 0.3) is 17.4 Å². The lowest BCUT2D eigenvalue weighted by molar-refractivity contribution is -0.255. The quantitative estimate of drug-likeness (QED) is 0.294. The average molecular weight is 574 g/mol. The number of carboxylic acids is 1. The Balaban J connectivity index is 1.66. The lowest BCUT2D eigenvalue weighted by Gasteiger charge is -2.25. The number of hydrogen-bond acceptors (Lipinski definition) is 10. The minimum absolute atomic E-state index is 0.00957. The van der Waals surface area contributed by atoms with Gasteiger partial charge in [-0.2, -0.15) is 0 Å². The maximum Gasteiger partial charge on any atom is 0.338 e. The van der Waals surface area contributed by atoms with Crippen LogP contribution in [0.1, 0.15) is 41.6 Å². The van der Waals surface area contributed by atoms with Crippen LogP contribution in [0, 0.1) is 0 Å². The third-order valence-electron chi connectivity index (χ3n) is 6.55. The number of aromatic carboxylic acids is 1. The minimum Gasteiger partial charge on any atom is -0.545 e. The predicted molar refractivity (Wildman–Crippen MR) is 148 cm³/mol. The van der Waals surface area contributed by atoms with E-state index in [0.29, 0.717) is 49.2 Å². The molecular formula is C30H25N2O8S-. The number of fused-ring (bicyclic) bond motifs is 1. The van der Waals surface area contributed by atoms with Gasteiger partial charge in [0.1, 0.15) is 11.5 Å². The molecular weight excluding hydrogens is 548 g/mol. The van der Waals surface area contributed by atoms with Crippen LogP contribution in [-0.4, -0.2) is 37.3 Å². The van der Waals surface area contributed by atoms with E-state index in [4.69, 9.17) is 18.6 Å². The Kier molecular flexibility index (Phi) is 7.62. The Hall–Kier alpha value is -4.90. The summed E-state index contributed by atoms with van der Waals surface area (Å²) in [5.74, 6) is -0.323. The molecule has 0 N–H and O–H groups in total. The fourth-order valence-electron chi connectivity index (χ4n) is 4.71. The van der Waals surface area contributed by atoms with Gasteiger partial charge in [-0.05, 0) is 43.7 Å².